The molecule has 0 aromatic heterocycles. The molecule has 0 fully saturated rings. The molecular weight excluding hydrogens is 1170 g/mol. The number of ketones is 4. The first-order valence-electron chi connectivity index (χ1n) is 29.5. The Bertz CT molecular complexity index is 4040. The Morgan fingerprint density at radius 1 is 0.308 bits per heavy atom. The fraction of sp³-hybridized carbons (Fsp3) is 0.169. The average molecular weight is 1240 g/mol. The maximum Gasteiger partial charge on any atom is 0.307 e. The minimum absolute atomic E-state index is 0.00255. The van der Waals surface area contributed by atoms with E-state index in [-0.39, 0.29) is 55.2 Å². The highest BCUT2D eigenvalue weighted by molar-refractivity contribution is 6.30. The summed E-state index contributed by atoms with van der Waals surface area (Å²) >= 11 is 5.82. The van der Waals surface area contributed by atoms with Crippen LogP contribution in [0.4, 0.5) is 0 Å². The summed E-state index contributed by atoms with van der Waals surface area (Å²) < 4.78 is 5.04. The number of halogens is 1. The van der Waals surface area contributed by atoms with Crippen molar-refractivity contribution < 1.29 is 63.5 Å². The van der Waals surface area contributed by atoms with Crippen LogP contribution in [0.2, 0.25) is 5.02 Å². The summed E-state index contributed by atoms with van der Waals surface area (Å²) in [6.45, 7) is 0. The van der Waals surface area contributed by atoms with Gasteiger partial charge >= 0.3 is 23.9 Å². The molecule has 10 aromatic carbocycles. The quantitative estimate of drug-likeness (QED) is 0.0391. The number of hydrogen-bond acceptors (Lipinski definition) is 9. The number of aliphatic carboxylic acids is 4. The first-order valence-corrected chi connectivity index (χ1v) is 29.9. The van der Waals surface area contributed by atoms with Crippen LogP contribution in [0.15, 0.2) is 255 Å². The van der Waals surface area contributed by atoms with E-state index in [1.54, 1.807) is 110 Å². The van der Waals surface area contributed by atoms with Crippen LogP contribution < -0.4 is 4.74 Å². The third-order valence-electron chi connectivity index (χ3n) is 15.1. The number of benzene rings is 10. The third-order valence-corrected chi connectivity index (χ3v) is 15.4. The largest absolute Gasteiger partial charge is 0.497 e. The lowest BCUT2D eigenvalue weighted by Crippen LogP contribution is -2.20. The van der Waals surface area contributed by atoms with E-state index in [1.807, 2.05) is 152 Å². The van der Waals surface area contributed by atoms with E-state index in [4.69, 9.17) is 16.3 Å². The van der Waals surface area contributed by atoms with Crippen molar-refractivity contribution in [3.63, 3.8) is 0 Å². The average Bonchev–Trinajstić information content (AvgIpc) is 1.89. The van der Waals surface area contributed by atoms with Gasteiger partial charge in [0.15, 0.2) is 23.1 Å². The second kappa shape index (κ2) is 34.8. The van der Waals surface area contributed by atoms with E-state index < -0.39 is 47.5 Å². The lowest BCUT2D eigenvalue weighted by Gasteiger charge is -2.12. The number of Topliss-reactive ketones (excluding diaryl/α,β-unsaturated/α-hetero) is 4. The minimum Gasteiger partial charge on any atom is -0.497 e. The molecular formula is C77H69ClO13. The normalized spacial score (nSPS) is 11.9. The molecule has 91 heavy (non-hydrogen) atoms. The van der Waals surface area contributed by atoms with Gasteiger partial charge in [0.1, 0.15) is 5.75 Å². The number of fused-ring (bicyclic) bond motifs is 2. The van der Waals surface area contributed by atoms with Crippen molar-refractivity contribution in [2.24, 2.45) is 23.7 Å². The van der Waals surface area contributed by atoms with Gasteiger partial charge in [-0.15, -0.1) is 0 Å². The molecule has 13 nitrogen and oxygen atoms in total. The SMILES string of the molecule is COc1ccc(C(=O)CC(Cc2ccc(Cl)cc2)C(=O)O)cc1.O=C(CC(Cc1ccc2ccccc2c1)C(=O)O)c1ccccc1.O=C(CC(Cc1ccccc1)C(=O)O)c1ccc2ccccc2c1.O=C(CC(Cc1ccccc1)C(=O)O)c1ccccc1. The summed E-state index contributed by atoms with van der Waals surface area (Å²) in [7, 11) is 1.55. The molecule has 462 valence electrons. The standard InChI is InChI=1S/2C21H18O3.C18H17ClO4.C17H16O3/c22-20(17-7-2-1-3-8-17)14-19(21(23)24)13-15-10-11-16-6-4-5-9-18(16)12-15;22-20(18-11-10-16-8-4-5-9-17(16)13-18)14-19(21(23)24)12-15-6-2-1-3-7-15;1-23-16-8-4-13(5-9-16)17(20)11-14(18(21)22)10-12-2-6-15(19)7-3-12;18-16(14-9-5-2-6-10-14)12-15(17(19)20)11-13-7-3-1-4-8-13/h1-12,19H,13-14H2,(H,23,24);1-11,13,19H,12,14H2,(H,23,24);2-9,14H,10-11H2,1H3,(H,21,22);1-10,15H,11-12H2,(H,19,20). The predicted molar refractivity (Wildman–Crippen MR) is 353 cm³/mol. The lowest BCUT2D eigenvalue weighted by molar-refractivity contribution is -0.142. The Balaban J connectivity index is 0.000000173. The summed E-state index contributed by atoms with van der Waals surface area (Å²) in [5.41, 5.74) is 5.79. The molecule has 0 saturated carbocycles. The molecule has 0 heterocycles. The van der Waals surface area contributed by atoms with Crippen LogP contribution in [0.25, 0.3) is 21.5 Å². The number of ether oxygens (including phenoxy) is 1. The number of carbonyl (C=O) groups excluding carboxylic acids is 4. The second-order valence-electron chi connectivity index (χ2n) is 21.8. The number of carboxylic acids is 4. The summed E-state index contributed by atoms with van der Waals surface area (Å²) in [4.78, 5) is 95.1. The van der Waals surface area contributed by atoms with E-state index in [1.165, 1.54) is 0 Å². The fourth-order valence-electron chi connectivity index (χ4n) is 10.1. The van der Waals surface area contributed by atoms with Crippen LogP contribution in [-0.2, 0) is 44.9 Å². The zero-order valence-corrected chi connectivity index (χ0v) is 50.8. The number of carbonyl (C=O) groups is 8. The Morgan fingerprint density at radius 3 is 0.978 bits per heavy atom. The van der Waals surface area contributed by atoms with Crippen LogP contribution >= 0.6 is 11.6 Å². The zero-order chi connectivity index (χ0) is 65.1. The Labute approximate surface area is 533 Å². The molecule has 0 aliphatic carbocycles. The third kappa shape index (κ3) is 21.9. The predicted octanol–water partition coefficient (Wildman–Crippen LogP) is 15.8. The van der Waals surface area contributed by atoms with Gasteiger partial charge in [-0.3, -0.25) is 38.4 Å². The van der Waals surface area contributed by atoms with Gasteiger partial charge in [0, 0.05) is 53.0 Å². The van der Waals surface area contributed by atoms with Gasteiger partial charge in [-0.2, -0.15) is 0 Å². The van der Waals surface area contributed by atoms with Gasteiger partial charge in [-0.05, 0) is 112 Å². The highest BCUT2D eigenvalue weighted by atomic mass is 35.5. The highest BCUT2D eigenvalue weighted by Gasteiger charge is 2.26. The van der Waals surface area contributed by atoms with Gasteiger partial charge in [0.2, 0.25) is 0 Å². The van der Waals surface area contributed by atoms with E-state index in [0.29, 0.717) is 52.3 Å². The molecule has 4 unspecified atom stereocenters. The molecule has 0 spiro atoms. The molecule has 0 amide bonds. The first kappa shape index (κ1) is 67.9. The van der Waals surface area contributed by atoms with Crippen LogP contribution in [0.3, 0.4) is 0 Å². The maximum absolute atomic E-state index is 12.5. The van der Waals surface area contributed by atoms with Crippen molar-refractivity contribution in [2.75, 3.05) is 7.11 Å². The van der Waals surface area contributed by atoms with Gasteiger partial charge in [-0.1, -0.05) is 224 Å². The smallest absolute Gasteiger partial charge is 0.307 e. The van der Waals surface area contributed by atoms with Gasteiger partial charge in [0.25, 0.3) is 0 Å². The van der Waals surface area contributed by atoms with Crippen LogP contribution in [0, 0.1) is 23.7 Å². The molecule has 0 aliphatic heterocycles. The highest BCUT2D eigenvalue weighted by Crippen LogP contribution is 2.25. The molecule has 4 atom stereocenters. The number of rotatable bonds is 25. The molecule has 10 aromatic rings. The number of methoxy groups -OCH3 is 1. The summed E-state index contributed by atoms with van der Waals surface area (Å²) in [6.07, 6.45) is 1.34. The minimum atomic E-state index is -0.984. The zero-order valence-electron chi connectivity index (χ0n) is 50.1. The van der Waals surface area contributed by atoms with Crippen LogP contribution in [0.1, 0.15) is 89.4 Å². The Kier molecular flexibility index (Phi) is 25.9. The van der Waals surface area contributed by atoms with E-state index in [9.17, 15) is 58.8 Å². The molecule has 0 saturated heterocycles. The van der Waals surface area contributed by atoms with Crippen molar-refractivity contribution in [2.45, 2.75) is 51.4 Å². The van der Waals surface area contributed by atoms with Crippen LogP contribution in [-0.4, -0.2) is 74.5 Å². The summed E-state index contributed by atoms with van der Waals surface area (Å²) in [5, 5.41) is 42.4. The molecule has 0 aliphatic rings. The molecule has 4 N–H and O–H groups in total. The molecule has 10 rings (SSSR count). The first-order chi connectivity index (χ1) is 43.9. The number of carboxylic acid groups (broad SMARTS) is 4. The molecule has 0 bridgehead atoms. The van der Waals surface area contributed by atoms with E-state index in [0.717, 1.165) is 43.8 Å². The molecule has 14 heteroatoms. The lowest BCUT2D eigenvalue weighted by atomic mass is 9.91. The van der Waals surface area contributed by atoms with Gasteiger partial charge < -0.3 is 25.2 Å². The van der Waals surface area contributed by atoms with Crippen molar-refractivity contribution in [1.82, 2.24) is 0 Å². The Morgan fingerprint density at radius 2 is 0.593 bits per heavy atom. The molecule has 0 radical (unpaired) electrons. The monoisotopic (exact) mass is 1240 g/mol. The van der Waals surface area contributed by atoms with Crippen molar-refractivity contribution in [1.29, 1.82) is 0 Å². The van der Waals surface area contributed by atoms with Crippen molar-refractivity contribution >= 4 is 80.2 Å². The van der Waals surface area contributed by atoms with Gasteiger partial charge in [-0.25, -0.2) is 0 Å². The van der Waals surface area contributed by atoms with E-state index in [2.05, 4.69) is 0 Å². The van der Waals surface area contributed by atoms with Crippen LogP contribution in [0.5, 0.6) is 5.75 Å². The maximum atomic E-state index is 12.5. The topological polar surface area (TPSA) is 227 Å². The van der Waals surface area contributed by atoms with E-state index >= 15 is 0 Å². The Hall–Kier alpha value is -10.6. The van der Waals surface area contributed by atoms with Crippen molar-refractivity contribution in [3.8, 4) is 5.75 Å². The van der Waals surface area contributed by atoms with Crippen molar-refractivity contribution in [3.05, 3.63) is 304 Å². The second-order valence-corrected chi connectivity index (χ2v) is 22.2. The summed E-state index contributed by atoms with van der Waals surface area (Å²) in [5.74, 6) is -6.64. The van der Waals surface area contributed by atoms with Gasteiger partial charge in [0.05, 0.1) is 30.8 Å². The summed E-state index contributed by atoms with van der Waals surface area (Å²) in [6, 6.07) is 77.2. The number of hydrogen-bond donors (Lipinski definition) is 4. The fourth-order valence-corrected chi connectivity index (χ4v) is 10.2.